The Kier molecular flexibility index (Phi) is 6.28. The SMILES string of the molecule is CC(=N)SC[C@H]1CC[C@H](CSC(=N)N)CC1. The van der Waals surface area contributed by atoms with E-state index in [0.717, 1.165) is 28.4 Å². The fraction of sp³-hybridized carbons (Fsp3) is 0.818. The second-order valence-electron chi connectivity index (χ2n) is 4.43. The van der Waals surface area contributed by atoms with Crippen LogP contribution in [-0.4, -0.2) is 21.7 Å². The lowest BCUT2D eigenvalue weighted by molar-refractivity contribution is 0.316. The van der Waals surface area contributed by atoms with Crippen molar-refractivity contribution in [3.8, 4) is 0 Å². The Labute approximate surface area is 106 Å². The molecular formula is C11H21N3S2. The van der Waals surface area contributed by atoms with Crippen LogP contribution < -0.4 is 5.73 Å². The van der Waals surface area contributed by atoms with Gasteiger partial charge in [-0.15, -0.1) is 11.8 Å². The lowest BCUT2D eigenvalue weighted by Gasteiger charge is -2.27. The number of nitrogens with one attached hydrogen (secondary N) is 2. The van der Waals surface area contributed by atoms with Gasteiger partial charge in [-0.2, -0.15) is 0 Å². The third-order valence-electron chi connectivity index (χ3n) is 2.98. The van der Waals surface area contributed by atoms with Crippen LogP contribution in [0.25, 0.3) is 0 Å². The van der Waals surface area contributed by atoms with Crippen molar-refractivity contribution in [1.82, 2.24) is 0 Å². The minimum Gasteiger partial charge on any atom is -0.379 e. The standard InChI is InChI=1S/C11H21N3S2/c1-8(12)15-6-9-2-4-10(5-3-9)7-16-11(13)14/h9-10,12H,2-7H2,1H3,(H3,13,14)/t9-,10-. The number of rotatable bonds is 4. The summed E-state index contributed by atoms with van der Waals surface area (Å²) < 4.78 is 0. The molecular weight excluding hydrogens is 238 g/mol. The highest BCUT2D eigenvalue weighted by Gasteiger charge is 2.21. The molecule has 0 spiro atoms. The van der Waals surface area contributed by atoms with Gasteiger partial charge in [0.1, 0.15) is 0 Å². The van der Waals surface area contributed by atoms with Gasteiger partial charge in [0.2, 0.25) is 0 Å². The Morgan fingerprint density at radius 2 is 1.50 bits per heavy atom. The molecule has 0 bridgehead atoms. The zero-order valence-corrected chi connectivity index (χ0v) is 11.4. The largest absolute Gasteiger partial charge is 0.379 e. The zero-order valence-electron chi connectivity index (χ0n) is 9.79. The lowest BCUT2D eigenvalue weighted by atomic mass is 9.84. The van der Waals surface area contributed by atoms with Crippen molar-refractivity contribution in [3.05, 3.63) is 0 Å². The first-order chi connectivity index (χ1) is 7.58. The van der Waals surface area contributed by atoms with Crippen molar-refractivity contribution in [2.24, 2.45) is 17.6 Å². The molecule has 5 heteroatoms. The van der Waals surface area contributed by atoms with Gasteiger partial charge in [-0.1, -0.05) is 11.8 Å². The maximum atomic E-state index is 7.39. The molecule has 0 aliphatic heterocycles. The summed E-state index contributed by atoms with van der Waals surface area (Å²) >= 11 is 3.16. The minimum atomic E-state index is 0.247. The van der Waals surface area contributed by atoms with Crippen molar-refractivity contribution in [2.45, 2.75) is 32.6 Å². The third kappa shape index (κ3) is 5.80. The summed E-state index contributed by atoms with van der Waals surface area (Å²) in [6.45, 7) is 1.86. The van der Waals surface area contributed by atoms with E-state index >= 15 is 0 Å². The highest BCUT2D eigenvalue weighted by Crippen LogP contribution is 2.32. The molecule has 3 nitrogen and oxygen atoms in total. The van der Waals surface area contributed by atoms with E-state index in [-0.39, 0.29) is 5.17 Å². The van der Waals surface area contributed by atoms with Gasteiger partial charge < -0.3 is 5.73 Å². The average Bonchev–Trinajstić information content (AvgIpc) is 2.25. The number of hydrogen-bond acceptors (Lipinski definition) is 4. The highest BCUT2D eigenvalue weighted by atomic mass is 32.2. The normalized spacial score (nSPS) is 25.3. The van der Waals surface area contributed by atoms with Crippen molar-refractivity contribution in [2.75, 3.05) is 11.5 Å². The summed E-state index contributed by atoms with van der Waals surface area (Å²) in [5.41, 5.74) is 5.34. The van der Waals surface area contributed by atoms with Crippen LogP contribution >= 0.6 is 23.5 Å². The van der Waals surface area contributed by atoms with E-state index in [1.807, 2.05) is 6.92 Å². The van der Waals surface area contributed by atoms with E-state index < -0.39 is 0 Å². The van der Waals surface area contributed by atoms with E-state index in [1.54, 1.807) is 11.8 Å². The zero-order chi connectivity index (χ0) is 12.0. The molecule has 0 aromatic heterocycles. The molecule has 4 N–H and O–H groups in total. The number of amidine groups is 1. The summed E-state index contributed by atoms with van der Waals surface area (Å²) in [6.07, 6.45) is 5.10. The van der Waals surface area contributed by atoms with Crippen molar-refractivity contribution < 1.29 is 0 Å². The average molecular weight is 259 g/mol. The first-order valence-electron chi connectivity index (χ1n) is 5.72. The van der Waals surface area contributed by atoms with Gasteiger partial charge in [-0.3, -0.25) is 10.8 Å². The topological polar surface area (TPSA) is 73.7 Å². The lowest BCUT2D eigenvalue weighted by Crippen LogP contribution is -2.19. The van der Waals surface area contributed by atoms with Gasteiger partial charge in [-0.25, -0.2) is 0 Å². The van der Waals surface area contributed by atoms with Crippen LogP contribution in [0.1, 0.15) is 32.6 Å². The van der Waals surface area contributed by atoms with Crippen molar-refractivity contribution >= 4 is 33.7 Å². The van der Waals surface area contributed by atoms with Crippen LogP contribution in [0.15, 0.2) is 0 Å². The molecule has 1 aliphatic carbocycles. The van der Waals surface area contributed by atoms with Gasteiger partial charge in [0.25, 0.3) is 0 Å². The summed E-state index contributed by atoms with van der Waals surface area (Å²) in [5, 5.41) is 15.5. The van der Waals surface area contributed by atoms with Crippen LogP contribution in [-0.2, 0) is 0 Å². The summed E-state index contributed by atoms with van der Waals surface area (Å²) in [7, 11) is 0. The fourth-order valence-electron chi connectivity index (χ4n) is 2.02. The molecule has 92 valence electrons. The molecule has 0 saturated heterocycles. The summed E-state index contributed by atoms with van der Waals surface area (Å²) in [6, 6.07) is 0. The molecule has 0 heterocycles. The maximum absolute atomic E-state index is 7.39. The highest BCUT2D eigenvalue weighted by molar-refractivity contribution is 8.13. The van der Waals surface area contributed by atoms with Crippen LogP contribution in [0, 0.1) is 22.7 Å². The van der Waals surface area contributed by atoms with Gasteiger partial charge in [0.05, 0.1) is 5.04 Å². The molecule has 0 aromatic carbocycles. The van der Waals surface area contributed by atoms with Crippen molar-refractivity contribution in [3.63, 3.8) is 0 Å². The molecule has 0 atom stereocenters. The Morgan fingerprint density at radius 3 is 1.88 bits per heavy atom. The molecule has 0 radical (unpaired) electrons. The molecule has 0 unspecified atom stereocenters. The number of thioether (sulfide) groups is 2. The predicted octanol–water partition coefficient (Wildman–Crippen LogP) is 3.15. The van der Waals surface area contributed by atoms with E-state index in [1.165, 1.54) is 37.4 Å². The van der Waals surface area contributed by atoms with Crippen LogP contribution in [0.5, 0.6) is 0 Å². The molecule has 1 fully saturated rings. The van der Waals surface area contributed by atoms with E-state index in [0.29, 0.717) is 0 Å². The number of nitrogens with two attached hydrogens (primary N) is 1. The fourth-order valence-corrected chi connectivity index (χ4v) is 3.58. The maximum Gasteiger partial charge on any atom is 0.151 e. The molecule has 0 amide bonds. The summed E-state index contributed by atoms with van der Waals surface area (Å²) in [4.78, 5) is 0. The van der Waals surface area contributed by atoms with E-state index in [9.17, 15) is 0 Å². The van der Waals surface area contributed by atoms with Crippen LogP contribution in [0.2, 0.25) is 0 Å². The van der Waals surface area contributed by atoms with Gasteiger partial charge in [0, 0.05) is 11.5 Å². The summed E-state index contributed by atoms with van der Waals surface area (Å²) in [5.74, 6) is 3.67. The van der Waals surface area contributed by atoms with Crippen LogP contribution in [0.4, 0.5) is 0 Å². The third-order valence-corrected chi connectivity index (χ3v) is 5.00. The Morgan fingerprint density at radius 1 is 1.06 bits per heavy atom. The van der Waals surface area contributed by atoms with E-state index in [2.05, 4.69) is 0 Å². The molecule has 1 rings (SSSR count). The Bertz CT molecular complexity index is 222. The number of hydrogen-bond donors (Lipinski definition) is 3. The monoisotopic (exact) mass is 259 g/mol. The smallest absolute Gasteiger partial charge is 0.151 e. The molecule has 1 saturated carbocycles. The molecule has 1 aliphatic rings. The van der Waals surface area contributed by atoms with Gasteiger partial charge >= 0.3 is 0 Å². The minimum absolute atomic E-state index is 0.247. The Balaban J connectivity index is 2.13. The molecule has 0 aromatic rings. The first kappa shape index (κ1) is 13.9. The second kappa shape index (κ2) is 7.22. The van der Waals surface area contributed by atoms with Gasteiger partial charge in [0.15, 0.2) is 5.17 Å². The first-order valence-corrected chi connectivity index (χ1v) is 7.69. The second-order valence-corrected chi connectivity index (χ2v) is 6.73. The predicted molar refractivity (Wildman–Crippen MR) is 75.7 cm³/mol. The van der Waals surface area contributed by atoms with E-state index in [4.69, 9.17) is 16.6 Å². The quantitative estimate of drug-likeness (QED) is 0.536. The Hall–Kier alpha value is -0.160. The molecule has 16 heavy (non-hydrogen) atoms. The van der Waals surface area contributed by atoms with Crippen LogP contribution in [0.3, 0.4) is 0 Å². The van der Waals surface area contributed by atoms with Crippen molar-refractivity contribution in [1.29, 1.82) is 10.8 Å². The van der Waals surface area contributed by atoms with Gasteiger partial charge in [-0.05, 0) is 44.4 Å².